The fourth-order valence-corrected chi connectivity index (χ4v) is 4.02. The van der Waals surface area contributed by atoms with E-state index in [4.69, 9.17) is 0 Å². The molecular formula is C19H28BrN3O. The molecule has 5 heteroatoms. The van der Waals surface area contributed by atoms with Crippen molar-refractivity contribution in [2.45, 2.75) is 32.2 Å². The number of halogens is 1. The van der Waals surface area contributed by atoms with Crippen molar-refractivity contribution in [3.05, 3.63) is 34.3 Å². The summed E-state index contributed by atoms with van der Waals surface area (Å²) in [5, 5.41) is 3.38. The third-order valence-corrected chi connectivity index (χ3v) is 6.02. The monoisotopic (exact) mass is 393 g/mol. The highest BCUT2D eigenvalue weighted by molar-refractivity contribution is 9.10. The van der Waals surface area contributed by atoms with Crippen molar-refractivity contribution in [3.63, 3.8) is 0 Å². The molecule has 2 aliphatic rings. The Labute approximate surface area is 153 Å². The summed E-state index contributed by atoms with van der Waals surface area (Å²) in [5.41, 5.74) is 1.34. The lowest BCUT2D eigenvalue weighted by Crippen LogP contribution is -2.49. The van der Waals surface area contributed by atoms with Crippen LogP contribution in [0.2, 0.25) is 0 Å². The fraction of sp³-hybridized carbons (Fsp3) is 0.632. The van der Waals surface area contributed by atoms with Crippen LogP contribution in [0.3, 0.4) is 0 Å². The van der Waals surface area contributed by atoms with Crippen LogP contribution < -0.4 is 5.32 Å². The van der Waals surface area contributed by atoms with E-state index in [2.05, 4.69) is 62.2 Å². The Morgan fingerprint density at radius 2 is 1.96 bits per heavy atom. The predicted molar refractivity (Wildman–Crippen MR) is 101 cm³/mol. The second-order valence-electron chi connectivity index (χ2n) is 7.04. The first-order valence-corrected chi connectivity index (χ1v) is 9.91. The molecule has 1 aromatic carbocycles. The minimum Gasteiger partial charge on any atom is -0.340 e. The van der Waals surface area contributed by atoms with E-state index in [1.165, 1.54) is 12.0 Å². The average molecular weight is 394 g/mol. The molecule has 1 aromatic rings. The molecule has 3 rings (SSSR count). The summed E-state index contributed by atoms with van der Waals surface area (Å²) < 4.78 is 1.12. The van der Waals surface area contributed by atoms with E-state index >= 15 is 0 Å². The Balaban J connectivity index is 1.44. The molecule has 2 heterocycles. The van der Waals surface area contributed by atoms with Gasteiger partial charge in [-0.15, -0.1) is 0 Å². The Bertz CT molecular complexity index is 534. The lowest BCUT2D eigenvalue weighted by molar-refractivity contribution is -0.133. The number of nitrogens with one attached hydrogen (secondary N) is 1. The van der Waals surface area contributed by atoms with E-state index in [-0.39, 0.29) is 0 Å². The fourth-order valence-electron chi connectivity index (χ4n) is 3.76. The van der Waals surface area contributed by atoms with Gasteiger partial charge in [-0.3, -0.25) is 9.69 Å². The second-order valence-corrected chi connectivity index (χ2v) is 7.96. The van der Waals surface area contributed by atoms with E-state index in [1.807, 2.05) is 0 Å². The zero-order chi connectivity index (χ0) is 16.9. The number of rotatable bonds is 5. The Morgan fingerprint density at radius 1 is 1.25 bits per heavy atom. The molecule has 1 amide bonds. The molecular weight excluding hydrogens is 366 g/mol. The van der Waals surface area contributed by atoms with Crippen LogP contribution in [0.15, 0.2) is 28.7 Å². The first kappa shape index (κ1) is 17.9. The zero-order valence-electron chi connectivity index (χ0n) is 14.5. The van der Waals surface area contributed by atoms with Crippen LogP contribution in [-0.2, 0) is 4.79 Å². The van der Waals surface area contributed by atoms with Gasteiger partial charge in [0.2, 0.25) is 5.91 Å². The van der Waals surface area contributed by atoms with Crippen molar-refractivity contribution < 1.29 is 4.79 Å². The summed E-state index contributed by atoms with van der Waals surface area (Å²) in [6, 6.07) is 8.97. The molecule has 2 unspecified atom stereocenters. The van der Waals surface area contributed by atoms with E-state index < -0.39 is 0 Å². The molecule has 0 aliphatic carbocycles. The number of carbonyl (C=O) groups excluding carboxylic acids is 1. The Morgan fingerprint density at radius 3 is 2.58 bits per heavy atom. The maximum absolute atomic E-state index is 12.4. The summed E-state index contributed by atoms with van der Waals surface area (Å²) >= 11 is 3.49. The molecule has 0 radical (unpaired) electrons. The maximum atomic E-state index is 12.4. The molecule has 132 valence electrons. The number of hydrogen-bond acceptors (Lipinski definition) is 3. The van der Waals surface area contributed by atoms with Gasteiger partial charge in [-0.05, 0) is 56.5 Å². The topological polar surface area (TPSA) is 35.6 Å². The standard InChI is InChI=1S/C19H28BrN3O/c1-15(17-3-5-18(20)6-4-17)22-10-12-23(13-11-22)19(24)7-2-16-8-9-21-14-16/h3-6,15-16,21H,2,7-14H2,1H3. The van der Waals surface area contributed by atoms with Gasteiger partial charge in [-0.1, -0.05) is 28.1 Å². The van der Waals surface area contributed by atoms with Crippen LogP contribution in [0, 0.1) is 5.92 Å². The van der Waals surface area contributed by atoms with Crippen LogP contribution in [0.5, 0.6) is 0 Å². The minimum atomic E-state index is 0.345. The van der Waals surface area contributed by atoms with Gasteiger partial charge >= 0.3 is 0 Å². The third-order valence-electron chi connectivity index (χ3n) is 5.50. The van der Waals surface area contributed by atoms with Crippen molar-refractivity contribution in [2.75, 3.05) is 39.3 Å². The zero-order valence-corrected chi connectivity index (χ0v) is 16.1. The average Bonchev–Trinajstić information content (AvgIpc) is 3.13. The Hall–Kier alpha value is -0.910. The first-order valence-electron chi connectivity index (χ1n) is 9.11. The van der Waals surface area contributed by atoms with Gasteiger partial charge < -0.3 is 10.2 Å². The van der Waals surface area contributed by atoms with Crippen LogP contribution in [0.4, 0.5) is 0 Å². The van der Waals surface area contributed by atoms with Gasteiger partial charge in [0.25, 0.3) is 0 Å². The molecule has 2 saturated heterocycles. The molecule has 2 fully saturated rings. The quantitative estimate of drug-likeness (QED) is 0.834. The number of benzene rings is 1. The van der Waals surface area contributed by atoms with Crippen molar-refractivity contribution in [1.82, 2.24) is 15.1 Å². The summed E-state index contributed by atoms with van der Waals surface area (Å²) in [7, 11) is 0. The van der Waals surface area contributed by atoms with Crippen molar-refractivity contribution in [2.24, 2.45) is 5.92 Å². The van der Waals surface area contributed by atoms with Crippen LogP contribution in [0.25, 0.3) is 0 Å². The highest BCUT2D eigenvalue weighted by Crippen LogP contribution is 2.24. The van der Waals surface area contributed by atoms with Crippen molar-refractivity contribution >= 4 is 21.8 Å². The largest absolute Gasteiger partial charge is 0.340 e. The molecule has 2 atom stereocenters. The predicted octanol–water partition coefficient (Wildman–Crippen LogP) is 3.04. The number of carbonyl (C=O) groups is 1. The highest BCUT2D eigenvalue weighted by Gasteiger charge is 2.25. The summed E-state index contributed by atoms with van der Waals surface area (Å²) in [5.74, 6) is 1.05. The van der Waals surface area contributed by atoms with Gasteiger partial charge in [0, 0.05) is 43.1 Å². The molecule has 4 nitrogen and oxygen atoms in total. The highest BCUT2D eigenvalue weighted by atomic mass is 79.9. The van der Waals surface area contributed by atoms with Crippen molar-refractivity contribution in [3.8, 4) is 0 Å². The maximum Gasteiger partial charge on any atom is 0.222 e. The molecule has 24 heavy (non-hydrogen) atoms. The van der Waals surface area contributed by atoms with Gasteiger partial charge in [0.05, 0.1) is 0 Å². The summed E-state index contributed by atoms with van der Waals surface area (Å²) in [4.78, 5) is 17.0. The summed E-state index contributed by atoms with van der Waals surface area (Å²) in [6.45, 7) is 8.12. The van der Waals surface area contributed by atoms with Gasteiger partial charge in [0.1, 0.15) is 0 Å². The number of piperazine rings is 1. The van der Waals surface area contributed by atoms with Crippen LogP contribution >= 0.6 is 15.9 Å². The van der Waals surface area contributed by atoms with E-state index in [0.29, 0.717) is 24.3 Å². The molecule has 2 aliphatic heterocycles. The summed E-state index contributed by atoms with van der Waals surface area (Å²) in [6.07, 6.45) is 2.99. The number of amides is 1. The SMILES string of the molecule is CC(c1ccc(Br)cc1)N1CCN(C(=O)CCC2CCNC2)CC1. The molecule has 0 saturated carbocycles. The lowest BCUT2D eigenvalue weighted by atomic mass is 10.0. The molecule has 0 aromatic heterocycles. The second kappa shape index (κ2) is 8.45. The van der Waals surface area contributed by atoms with E-state index in [1.54, 1.807) is 0 Å². The van der Waals surface area contributed by atoms with Crippen LogP contribution in [0.1, 0.15) is 37.8 Å². The van der Waals surface area contributed by atoms with Gasteiger partial charge in [-0.25, -0.2) is 0 Å². The first-order chi connectivity index (χ1) is 11.6. The van der Waals surface area contributed by atoms with E-state index in [0.717, 1.165) is 50.2 Å². The third kappa shape index (κ3) is 4.58. The van der Waals surface area contributed by atoms with Crippen molar-refractivity contribution in [1.29, 1.82) is 0 Å². The normalized spacial score (nSPS) is 23.4. The molecule has 0 spiro atoms. The number of hydrogen-bond donors (Lipinski definition) is 1. The molecule has 0 bridgehead atoms. The van der Waals surface area contributed by atoms with Crippen LogP contribution in [-0.4, -0.2) is 55.0 Å². The smallest absolute Gasteiger partial charge is 0.222 e. The minimum absolute atomic E-state index is 0.345. The Kier molecular flexibility index (Phi) is 6.31. The lowest BCUT2D eigenvalue weighted by Gasteiger charge is -2.38. The van der Waals surface area contributed by atoms with E-state index in [9.17, 15) is 4.79 Å². The van der Waals surface area contributed by atoms with Gasteiger partial charge in [0.15, 0.2) is 0 Å². The molecule has 1 N–H and O–H groups in total. The number of nitrogens with zero attached hydrogens (tertiary/aromatic N) is 2. The van der Waals surface area contributed by atoms with Gasteiger partial charge in [-0.2, -0.15) is 0 Å².